The number of amides is 1. The fourth-order valence-corrected chi connectivity index (χ4v) is 3.96. The summed E-state index contributed by atoms with van der Waals surface area (Å²) in [4.78, 5) is 18.6. The number of carbonyl (C=O) groups excluding carboxylic acids is 1. The van der Waals surface area contributed by atoms with E-state index in [1.807, 2.05) is 26.2 Å². The molecule has 1 aliphatic heterocycles. The molecule has 1 aliphatic rings. The van der Waals surface area contributed by atoms with E-state index in [-0.39, 0.29) is 17.9 Å². The fourth-order valence-electron chi connectivity index (χ4n) is 3.13. The number of pyridine rings is 1. The average molecular weight is 356 g/mol. The Bertz CT molecular complexity index is 946. The van der Waals surface area contributed by atoms with E-state index in [0.717, 1.165) is 21.5 Å². The smallest absolute Gasteiger partial charge is 0.225 e. The van der Waals surface area contributed by atoms with Crippen LogP contribution < -0.4 is 10.1 Å². The van der Waals surface area contributed by atoms with E-state index in [9.17, 15) is 4.79 Å². The lowest BCUT2D eigenvalue weighted by Crippen LogP contribution is -2.26. The lowest BCUT2D eigenvalue weighted by atomic mass is 10.0. The molecule has 3 aromatic rings. The zero-order chi connectivity index (χ0) is 17.6. The molecule has 0 bridgehead atoms. The number of fused-ring (bicyclic) bond motifs is 1. The molecule has 6 nitrogen and oxygen atoms in total. The van der Waals surface area contributed by atoms with Crippen molar-refractivity contribution in [1.29, 1.82) is 0 Å². The van der Waals surface area contributed by atoms with Crippen LogP contribution in [0.15, 0.2) is 24.4 Å². The summed E-state index contributed by atoms with van der Waals surface area (Å²) in [5.74, 6) is 0.829. The van der Waals surface area contributed by atoms with Gasteiger partial charge in [-0.1, -0.05) is 0 Å². The van der Waals surface area contributed by atoms with Gasteiger partial charge in [-0.3, -0.25) is 9.48 Å². The maximum atomic E-state index is 11.5. The lowest BCUT2D eigenvalue weighted by Gasteiger charge is -2.19. The van der Waals surface area contributed by atoms with Gasteiger partial charge in [0, 0.05) is 37.0 Å². The number of nitrogens with one attached hydrogen (secondary N) is 1. The summed E-state index contributed by atoms with van der Waals surface area (Å²) in [6.45, 7) is 4.73. The van der Waals surface area contributed by atoms with Gasteiger partial charge in [0.1, 0.15) is 6.10 Å². The standard InChI is InChI=1S/C18H20N4O2S/c1-10-4-5-16(25-10)15-7-14-13(9-22(3)21-14)18(20-15)24-11(2)12-6-17(23)19-8-12/h4-5,7,9,11-12H,6,8H2,1-3H3,(H,19,23). The largest absolute Gasteiger partial charge is 0.474 e. The van der Waals surface area contributed by atoms with Crippen LogP contribution in [0.2, 0.25) is 0 Å². The summed E-state index contributed by atoms with van der Waals surface area (Å²) in [6, 6.07) is 6.16. The van der Waals surface area contributed by atoms with E-state index in [2.05, 4.69) is 29.5 Å². The molecule has 0 aliphatic carbocycles. The van der Waals surface area contributed by atoms with Gasteiger partial charge in [-0.25, -0.2) is 4.98 Å². The summed E-state index contributed by atoms with van der Waals surface area (Å²) in [5.41, 5.74) is 1.73. The van der Waals surface area contributed by atoms with Gasteiger partial charge in [0.2, 0.25) is 11.8 Å². The highest BCUT2D eigenvalue weighted by Crippen LogP contribution is 2.33. The van der Waals surface area contributed by atoms with Crippen LogP contribution in [0.1, 0.15) is 18.2 Å². The highest BCUT2D eigenvalue weighted by molar-refractivity contribution is 7.15. The Morgan fingerprint density at radius 1 is 1.44 bits per heavy atom. The molecule has 2 atom stereocenters. The first-order valence-electron chi connectivity index (χ1n) is 8.34. The van der Waals surface area contributed by atoms with Crippen molar-refractivity contribution in [2.75, 3.05) is 6.54 Å². The predicted molar refractivity (Wildman–Crippen MR) is 97.8 cm³/mol. The number of rotatable bonds is 4. The molecule has 4 heterocycles. The topological polar surface area (TPSA) is 69.0 Å². The number of hydrogen-bond acceptors (Lipinski definition) is 5. The minimum atomic E-state index is -0.102. The van der Waals surface area contributed by atoms with Crippen molar-refractivity contribution in [3.8, 4) is 16.5 Å². The van der Waals surface area contributed by atoms with Crippen LogP contribution in [0, 0.1) is 12.8 Å². The van der Waals surface area contributed by atoms with Gasteiger partial charge in [0.15, 0.2) is 0 Å². The van der Waals surface area contributed by atoms with E-state index >= 15 is 0 Å². The first kappa shape index (κ1) is 16.1. The van der Waals surface area contributed by atoms with Crippen LogP contribution in [0.5, 0.6) is 5.88 Å². The first-order chi connectivity index (χ1) is 12.0. The van der Waals surface area contributed by atoms with E-state index in [1.165, 1.54) is 4.88 Å². The van der Waals surface area contributed by atoms with Gasteiger partial charge in [0.25, 0.3) is 0 Å². The van der Waals surface area contributed by atoms with Crippen LogP contribution in [0.3, 0.4) is 0 Å². The molecule has 0 aromatic carbocycles. The SMILES string of the molecule is Cc1ccc(-c2cc3nn(C)cc3c(OC(C)C3CNC(=O)C3)n2)s1. The van der Waals surface area contributed by atoms with Crippen LogP contribution >= 0.6 is 11.3 Å². The molecule has 7 heteroatoms. The van der Waals surface area contributed by atoms with Gasteiger partial charge >= 0.3 is 0 Å². The molecule has 4 rings (SSSR count). The minimum Gasteiger partial charge on any atom is -0.474 e. The van der Waals surface area contributed by atoms with Gasteiger partial charge in [0.05, 0.1) is 21.5 Å². The number of thiophene rings is 1. The summed E-state index contributed by atoms with van der Waals surface area (Å²) in [5, 5.41) is 8.27. The van der Waals surface area contributed by atoms with Crippen LogP contribution in [0.25, 0.3) is 21.5 Å². The van der Waals surface area contributed by atoms with Crippen molar-refractivity contribution in [1.82, 2.24) is 20.1 Å². The summed E-state index contributed by atoms with van der Waals surface area (Å²) < 4.78 is 7.96. The van der Waals surface area contributed by atoms with E-state index in [1.54, 1.807) is 16.0 Å². The van der Waals surface area contributed by atoms with Gasteiger partial charge < -0.3 is 10.1 Å². The number of carbonyl (C=O) groups is 1. The van der Waals surface area contributed by atoms with Gasteiger partial charge in [-0.05, 0) is 32.0 Å². The summed E-state index contributed by atoms with van der Waals surface area (Å²) in [7, 11) is 1.89. The molecule has 25 heavy (non-hydrogen) atoms. The number of aromatic nitrogens is 3. The van der Waals surface area contributed by atoms with Crippen LogP contribution in [-0.2, 0) is 11.8 Å². The van der Waals surface area contributed by atoms with E-state index in [0.29, 0.717) is 18.8 Å². The number of nitrogens with zero attached hydrogens (tertiary/aromatic N) is 3. The van der Waals surface area contributed by atoms with Gasteiger partial charge in [-0.15, -0.1) is 11.3 Å². The van der Waals surface area contributed by atoms with Crippen molar-refractivity contribution in [3.63, 3.8) is 0 Å². The maximum absolute atomic E-state index is 11.5. The zero-order valence-corrected chi connectivity index (χ0v) is 15.3. The van der Waals surface area contributed by atoms with E-state index in [4.69, 9.17) is 9.72 Å². The second-order valence-electron chi connectivity index (χ2n) is 6.55. The number of aryl methyl sites for hydroxylation is 2. The third-order valence-corrected chi connectivity index (χ3v) is 5.57. The molecule has 0 saturated carbocycles. The summed E-state index contributed by atoms with van der Waals surface area (Å²) >= 11 is 1.70. The van der Waals surface area contributed by atoms with E-state index < -0.39 is 0 Å². The third kappa shape index (κ3) is 3.11. The van der Waals surface area contributed by atoms with Crippen LogP contribution in [-0.4, -0.2) is 33.3 Å². The quantitative estimate of drug-likeness (QED) is 0.780. The minimum absolute atomic E-state index is 0.0859. The highest BCUT2D eigenvalue weighted by Gasteiger charge is 2.29. The second-order valence-corrected chi connectivity index (χ2v) is 7.84. The van der Waals surface area contributed by atoms with Crippen molar-refractivity contribution in [2.24, 2.45) is 13.0 Å². The molecule has 130 valence electrons. The highest BCUT2D eigenvalue weighted by atomic mass is 32.1. The van der Waals surface area contributed by atoms with Gasteiger partial charge in [-0.2, -0.15) is 5.10 Å². The molecular weight excluding hydrogens is 336 g/mol. The second kappa shape index (κ2) is 6.15. The lowest BCUT2D eigenvalue weighted by molar-refractivity contribution is -0.119. The number of hydrogen-bond donors (Lipinski definition) is 1. The molecule has 3 aromatic heterocycles. The Hall–Kier alpha value is -2.41. The molecule has 1 saturated heterocycles. The average Bonchev–Trinajstić information content (AvgIpc) is 3.26. The molecule has 1 amide bonds. The Kier molecular flexibility index (Phi) is 3.95. The Morgan fingerprint density at radius 3 is 2.96 bits per heavy atom. The molecule has 2 unspecified atom stereocenters. The molecular formula is C18H20N4O2S. The Labute approximate surface area is 149 Å². The zero-order valence-electron chi connectivity index (χ0n) is 14.4. The predicted octanol–water partition coefficient (Wildman–Crippen LogP) is 2.91. The molecule has 1 N–H and O–H groups in total. The Morgan fingerprint density at radius 2 is 2.28 bits per heavy atom. The summed E-state index contributed by atoms with van der Waals surface area (Å²) in [6.07, 6.45) is 2.32. The van der Waals surface area contributed by atoms with Crippen molar-refractivity contribution in [3.05, 3.63) is 29.3 Å². The first-order valence-corrected chi connectivity index (χ1v) is 9.16. The molecule has 0 spiro atoms. The number of ether oxygens (including phenoxy) is 1. The normalized spacial score (nSPS) is 18.5. The van der Waals surface area contributed by atoms with Crippen molar-refractivity contribution < 1.29 is 9.53 Å². The van der Waals surface area contributed by atoms with Crippen molar-refractivity contribution >= 4 is 28.1 Å². The Balaban J connectivity index is 1.72. The molecule has 0 radical (unpaired) electrons. The fraction of sp³-hybridized carbons (Fsp3) is 0.389. The monoisotopic (exact) mass is 356 g/mol. The maximum Gasteiger partial charge on any atom is 0.225 e. The molecule has 1 fully saturated rings. The van der Waals surface area contributed by atoms with Crippen molar-refractivity contribution in [2.45, 2.75) is 26.4 Å². The third-order valence-electron chi connectivity index (χ3n) is 4.55. The van der Waals surface area contributed by atoms with Crippen LogP contribution in [0.4, 0.5) is 0 Å².